The summed E-state index contributed by atoms with van der Waals surface area (Å²) in [5.74, 6) is 2.70. The van der Waals surface area contributed by atoms with Gasteiger partial charge in [-0.3, -0.25) is 4.79 Å². The summed E-state index contributed by atoms with van der Waals surface area (Å²) in [6, 6.07) is 25.6. The Morgan fingerprint density at radius 2 is 1.11 bits per heavy atom. The zero-order valence-corrected chi connectivity index (χ0v) is 34.3. The lowest BCUT2D eigenvalue weighted by atomic mass is 9.72. The third kappa shape index (κ3) is 11.3. The summed E-state index contributed by atoms with van der Waals surface area (Å²) in [7, 11) is 0. The van der Waals surface area contributed by atoms with Crippen LogP contribution in [0.25, 0.3) is 21.5 Å². The molecule has 6 nitrogen and oxygen atoms in total. The average Bonchev–Trinajstić information content (AvgIpc) is 3.64. The number of benzene rings is 4. The van der Waals surface area contributed by atoms with Crippen LogP contribution in [0.2, 0.25) is 0 Å². The topological polar surface area (TPSA) is 76.1 Å². The van der Waals surface area contributed by atoms with Gasteiger partial charge in [0.25, 0.3) is 0 Å². The number of nitrogens with zero attached hydrogens (tertiary/aromatic N) is 1. The number of ether oxygens (including phenoxy) is 2. The number of carbonyl (C=O) groups is 2. The highest BCUT2D eigenvalue weighted by Gasteiger charge is 2.32. The van der Waals surface area contributed by atoms with Gasteiger partial charge in [0.15, 0.2) is 0 Å². The molecule has 1 heterocycles. The van der Waals surface area contributed by atoms with Gasteiger partial charge in [0.1, 0.15) is 17.8 Å². The molecule has 0 bridgehead atoms. The van der Waals surface area contributed by atoms with E-state index in [4.69, 9.17) is 14.6 Å². The van der Waals surface area contributed by atoms with Gasteiger partial charge in [-0.2, -0.15) is 0 Å². The van der Waals surface area contributed by atoms with Crippen molar-refractivity contribution in [3.63, 3.8) is 0 Å². The van der Waals surface area contributed by atoms with Crippen LogP contribution in [0, 0.1) is 28.6 Å². The van der Waals surface area contributed by atoms with E-state index in [1.807, 2.05) is 6.07 Å². The lowest BCUT2D eigenvalue weighted by Gasteiger charge is -2.37. The first-order valence-electron chi connectivity index (χ1n) is 21.0. The molecule has 0 spiro atoms. The molecule has 2 saturated carbocycles. The molecule has 1 saturated heterocycles. The van der Waals surface area contributed by atoms with Crippen LogP contribution in [0.4, 0.5) is 0 Å². The van der Waals surface area contributed by atoms with E-state index in [2.05, 4.69) is 113 Å². The van der Waals surface area contributed by atoms with Crippen molar-refractivity contribution in [2.45, 2.75) is 124 Å². The number of aliphatic carboxylic acids is 1. The Kier molecular flexibility index (Phi) is 13.3. The smallest absolute Gasteiger partial charge is 0.307 e. The van der Waals surface area contributed by atoms with E-state index in [1.165, 1.54) is 47.4 Å². The van der Waals surface area contributed by atoms with Gasteiger partial charge in [-0.15, -0.1) is 0 Å². The monoisotopic (exact) mass is 747 g/mol. The number of hydrogen-bond acceptors (Lipinski definition) is 5. The summed E-state index contributed by atoms with van der Waals surface area (Å²) < 4.78 is 12.6. The minimum atomic E-state index is -0.659. The van der Waals surface area contributed by atoms with Gasteiger partial charge in [0.05, 0.1) is 18.1 Å². The molecule has 0 amide bonds. The maximum atomic E-state index is 11.1. The Balaban J connectivity index is 0.000000193. The van der Waals surface area contributed by atoms with Crippen LogP contribution in [0.5, 0.6) is 11.5 Å². The molecule has 1 aliphatic heterocycles. The van der Waals surface area contributed by atoms with E-state index in [9.17, 15) is 9.59 Å². The van der Waals surface area contributed by atoms with Crippen LogP contribution in [-0.4, -0.2) is 54.1 Å². The summed E-state index contributed by atoms with van der Waals surface area (Å²) in [5.41, 5.74) is 3.18. The van der Waals surface area contributed by atoms with Crippen LogP contribution in [-0.2, 0) is 22.4 Å². The highest BCUT2D eigenvalue weighted by Crippen LogP contribution is 2.40. The fourth-order valence-electron chi connectivity index (χ4n) is 9.07. The normalized spacial score (nSPS) is 23.6. The van der Waals surface area contributed by atoms with Crippen molar-refractivity contribution >= 4 is 33.8 Å². The first-order chi connectivity index (χ1) is 26.2. The second kappa shape index (κ2) is 17.9. The minimum Gasteiger partial charge on any atom is -0.490 e. The Hall–Kier alpha value is -3.90. The largest absolute Gasteiger partial charge is 0.490 e. The number of carboxylic acid groups (broad SMARTS) is 1. The van der Waals surface area contributed by atoms with Gasteiger partial charge in [-0.05, 0) is 150 Å². The molecule has 1 atom stereocenters. The number of likely N-dealkylation sites (tertiary alicyclic amines) is 1. The summed E-state index contributed by atoms with van der Waals surface area (Å²) in [5, 5.41) is 14.0. The van der Waals surface area contributed by atoms with E-state index in [0.717, 1.165) is 92.2 Å². The van der Waals surface area contributed by atoms with Gasteiger partial charge < -0.3 is 24.3 Å². The Bertz CT molecular complexity index is 1890. The molecule has 3 fully saturated rings. The lowest BCUT2D eigenvalue weighted by Crippen LogP contribution is -2.30. The summed E-state index contributed by atoms with van der Waals surface area (Å²) in [4.78, 5) is 24.1. The predicted molar refractivity (Wildman–Crippen MR) is 225 cm³/mol. The fourth-order valence-corrected chi connectivity index (χ4v) is 9.07. The fraction of sp³-hybridized carbons (Fsp3) is 0.551. The number of fused-ring (bicyclic) bond motifs is 2. The van der Waals surface area contributed by atoms with E-state index in [0.29, 0.717) is 36.0 Å². The molecule has 0 radical (unpaired) electrons. The van der Waals surface area contributed by atoms with Gasteiger partial charge in [-0.1, -0.05) is 90.1 Å². The van der Waals surface area contributed by atoms with Crippen molar-refractivity contribution in [2.75, 3.05) is 19.6 Å². The molecule has 3 aliphatic rings. The van der Waals surface area contributed by atoms with Crippen molar-refractivity contribution in [3.8, 4) is 11.5 Å². The quantitative estimate of drug-likeness (QED) is 0.163. The zero-order valence-electron chi connectivity index (χ0n) is 34.3. The third-order valence-corrected chi connectivity index (χ3v) is 12.8. The van der Waals surface area contributed by atoms with E-state index >= 15 is 0 Å². The van der Waals surface area contributed by atoms with E-state index in [-0.39, 0.29) is 5.92 Å². The van der Waals surface area contributed by atoms with Crippen LogP contribution < -0.4 is 9.47 Å². The maximum absolute atomic E-state index is 11.1. The number of aldehydes is 1. The van der Waals surface area contributed by atoms with Crippen LogP contribution in [0.1, 0.15) is 110 Å². The molecule has 296 valence electrons. The van der Waals surface area contributed by atoms with Crippen molar-refractivity contribution in [3.05, 3.63) is 83.9 Å². The second-order valence-corrected chi connectivity index (χ2v) is 18.8. The molecule has 2 aliphatic carbocycles. The number of rotatable bonds is 10. The summed E-state index contributed by atoms with van der Waals surface area (Å²) in [6.07, 6.45) is 13.5. The minimum absolute atomic E-state index is 0.196. The van der Waals surface area contributed by atoms with Crippen molar-refractivity contribution in [2.24, 2.45) is 28.6 Å². The molecular weight excluding hydrogens is 683 g/mol. The van der Waals surface area contributed by atoms with Crippen molar-refractivity contribution in [1.29, 1.82) is 0 Å². The lowest BCUT2D eigenvalue weighted by molar-refractivity contribution is -0.141. The van der Waals surface area contributed by atoms with Gasteiger partial charge in [0, 0.05) is 19.5 Å². The molecule has 6 heteroatoms. The molecule has 4 aromatic carbocycles. The van der Waals surface area contributed by atoms with Crippen LogP contribution in [0.3, 0.4) is 0 Å². The predicted octanol–water partition coefficient (Wildman–Crippen LogP) is 11.3. The summed E-state index contributed by atoms with van der Waals surface area (Å²) in [6.45, 7) is 16.6. The maximum Gasteiger partial charge on any atom is 0.307 e. The number of carboxylic acids is 1. The Morgan fingerprint density at radius 3 is 1.56 bits per heavy atom. The van der Waals surface area contributed by atoms with Gasteiger partial charge in [0.2, 0.25) is 0 Å². The SMILES string of the molecule is CC(C)(C)C1CCC(Oc2ccc3cc(CC=O)ccc3c2)CC1.CC(C)(C)C1CCC(Oc2ccc3cc(CCN4CC[C@@H](C(=O)O)C4)ccc3c2)CC1. The Morgan fingerprint density at radius 1 is 0.655 bits per heavy atom. The van der Waals surface area contributed by atoms with Crippen molar-refractivity contribution < 1.29 is 24.2 Å². The van der Waals surface area contributed by atoms with Gasteiger partial charge >= 0.3 is 5.97 Å². The number of hydrogen-bond donors (Lipinski definition) is 1. The highest BCUT2D eigenvalue weighted by molar-refractivity contribution is 5.85. The molecular formula is C49H65NO5. The molecule has 0 unspecified atom stereocenters. The third-order valence-electron chi connectivity index (χ3n) is 12.8. The molecule has 55 heavy (non-hydrogen) atoms. The molecule has 4 aromatic rings. The molecule has 0 aromatic heterocycles. The standard InChI is InChI=1S/C27H37NO3.C22H28O2/c1-27(2,3)23-7-10-24(11-8-23)31-25-9-6-20-16-19(4-5-21(20)17-25)12-14-28-15-13-22(18-28)26(29)30;1-22(2,3)19-7-10-20(11-8-19)24-21-9-6-17-14-16(12-13-23)4-5-18(17)15-21/h4-6,9,16-17,22-24H,7-8,10-15,18H2,1-3H3,(H,29,30);4-6,9,13-15,19-20H,7-8,10-12H2,1-3H3/t22-,23?,24?;/m1./s1. The zero-order chi connectivity index (χ0) is 39.2. The van der Waals surface area contributed by atoms with Crippen LogP contribution in [0.15, 0.2) is 72.8 Å². The highest BCUT2D eigenvalue weighted by atomic mass is 16.5. The first kappa shape index (κ1) is 40.8. The summed E-state index contributed by atoms with van der Waals surface area (Å²) >= 11 is 0. The second-order valence-electron chi connectivity index (χ2n) is 18.8. The van der Waals surface area contributed by atoms with Gasteiger partial charge in [-0.25, -0.2) is 0 Å². The average molecular weight is 748 g/mol. The van der Waals surface area contributed by atoms with E-state index < -0.39 is 5.97 Å². The van der Waals surface area contributed by atoms with E-state index in [1.54, 1.807) is 0 Å². The Labute approximate surface area is 330 Å². The van der Waals surface area contributed by atoms with Crippen LogP contribution >= 0.6 is 0 Å². The first-order valence-corrected chi connectivity index (χ1v) is 21.0. The van der Waals surface area contributed by atoms with Crippen molar-refractivity contribution in [1.82, 2.24) is 4.90 Å². The molecule has 7 rings (SSSR count). The molecule has 1 N–H and O–H groups in total. The number of carbonyl (C=O) groups excluding carboxylic acids is 1.